The molecule has 0 bridgehead atoms. The Morgan fingerprint density at radius 3 is 2.69 bits per heavy atom. The van der Waals surface area contributed by atoms with E-state index in [2.05, 4.69) is 4.98 Å². The van der Waals surface area contributed by atoms with Crippen LogP contribution < -0.4 is 10.3 Å². The third-order valence-electron chi connectivity index (χ3n) is 2.00. The monoisotopic (exact) mass is 220 g/mol. The third-order valence-corrected chi connectivity index (χ3v) is 2.00. The van der Waals surface area contributed by atoms with Crippen LogP contribution in [0.4, 0.5) is 0 Å². The first kappa shape index (κ1) is 12.2. The summed E-state index contributed by atoms with van der Waals surface area (Å²) in [5, 5.41) is 0. The number of fused-ring (bicyclic) bond motifs is 1. The summed E-state index contributed by atoms with van der Waals surface area (Å²) in [6.45, 7) is 5.79. The van der Waals surface area contributed by atoms with Crippen LogP contribution in [-0.4, -0.2) is 16.5 Å². The molecule has 0 atom stereocenters. The summed E-state index contributed by atoms with van der Waals surface area (Å²) in [6.07, 6.45) is 1.67. The van der Waals surface area contributed by atoms with Crippen LogP contribution >= 0.6 is 0 Å². The largest absolute Gasteiger partial charge is 0.493 e. The molecule has 0 saturated carbocycles. The maximum absolute atomic E-state index is 11.5. The molecule has 2 aromatic rings. The van der Waals surface area contributed by atoms with Gasteiger partial charge in [0, 0.05) is 18.0 Å². The molecule has 16 heavy (non-hydrogen) atoms. The van der Waals surface area contributed by atoms with Gasteiger partial charge < -0.3 is 4.74 Å². The van der Waals surface area contributed by atoms with Crippen molar-refractivity contribution < 1.29 is 4.74 Å². The number of hydrogen-bond donors (Lipinski definition) is 0. The normalized spacial score (nSPS) is 9.50. The molecule has 2 heterocycles. The average molecular weight is 220 g/mol. The molecule has 2 rings (SSSR count). The molecule has 0 amide bonds. The molecule has 0 saturated heterocycles. The molecule has 2 aromatic heterocycles. The van der Waals surface area contributed by atoms with E-state index in [1.54, 1.807) is 32.4 Å². The Labute approximate surface area is 94.5 Å². The lowest BCUT2D eigenvalue weighted by atomic mass is 10.4. The number of nitrogens with zero attached hydrogens (tertiary/aromatic N) is 2. The predicted molar refractivity (Wildman–Crippen MR) is 64.1 cm³/mol. The van der Waals surface area contributed by atoms with Crippen LogP contribution in [0.25, 0.3) is 5.65 Å². The Morgan fingerprint density at radius 2 is 2.06 bits per heavy atom. The molecule has 0 unspecified atom stereocenters. The zero-order chi connectivity index (χ0) is 12.1. The highest BCUT2D eigenvalue weighted by Crippen LogP contribution is 2.14. The molecular formula is C12H16N2O2. The molecule has 4 heteroatoms. The first-order chi connectivity index (χ1) is 7.72. The van der Waals surface area contributed by atoms with Gasteiger partial charge in [0.2, 0.25) is 0 Å². The highest BCUT2D eigenvalue weighted by molar-refractivity contribution is 5.53. The first-order valence-electron chi connectivity index (χ1n) is 5.25. The lowest BCUT2D eigenvalue weighted by molar-refractivity contribution is 0.416. The van der Waals surface area contributed by atoms with E-state index in [4.69, 9.17) is 4.74 Å². The second kappa shape index (κ2) is 5.30. The van der Waals surface area contributed by atoms with Crippen molar-refractivity contribution in [3.8, 4) is 5.75 Å². The molecule has 4 nitrogen and oxygen atoms in total. The summed E-state index contributed by atoms with van der Waals surface area (Å²) < 4.78 is 6.58. The standard InChI is InChI=1S/C10H10N2O2.C2H6/c1-7-6-9(13)12-5-3-4-8(14-2)10(12)11-7;1-2/h3-6H,1-2H3;1-2H3. The maximum atomic E-state index is 11.5. The summed E-state index contributed by atoms with van der Waals surface area (Å²) in [5.74, 6) is 0.605. The Kier molecular flexibility index (Phi) is 4.05. The Bertz CT molecular complexity index is 532. The van der Waals surface area contributed by atoms with E-state index in [1.165, 1.54) is 10.5 Å². The minimum absolute atomic E-state index is 0.0913. The van der Waals surface area contributed by atoms with Gasteiger partial charge in [-0.3, -0.25) is 9.20 Å². The van der Waals surface area contributed by atoms with Crippen LogP contribution in [0.2, 0.25) is 0 Å². The van der Waals surface area contributed by atoms with E-state index in [0.717, 1.165) is 0 Å². The second-order valence-electron chi connectivity index (χ2n) is 3.01. The van der Waals surface area contributed by atoms with Gasteiger partial charge in [-0.1, -0.05) is 13.8 Å². The van der Waals surface area contributed by atoms with Crippen molar-refractivity contribution in [2.24, 2.45) is 0 Å². The van der Waals surface area contributed by atoms with Crippen molar-refractivity contribution in [2.75, 3.05) is 7.11 Å². The number of aryl methyl sites for hydroxylation is 1. The fourth-order valence-corrected chi connectivity index (χ4v) is 1.37. The van der Waals surface area contributed by atoms with E-state index in [9.17, 15) is 4.79 Å². The summed E-state index contributed by atoms with van der Waals surface area (Å²) in [7, 11) is 1.56. The first-order valence-corrected chi connectivity index (χ1v) is 5.25. The molecule has 0 radical (unpaired) electrons. The van der Waals surface area contributed by atoms with Gasteiger partial charge in [-0.25, -0.2) is 4.98 Å². The van der Waals surface area contributed by atoms with Gasteiger partial charge in [0.1, 0.15) is 0 Å². The fraction of sp³-hybridized carbons (Fsp3) is 0.333. The zero-order valence-electron chi connectivity index (χ0n) is 10.0. The van der Waals surface area contributed by atoms with Crippen LogP contribution in [-0.2, 0) is 0 Å². The number of methoxy groups -OCH3 is 1. The van der Waals surface area contributed by atoms with Gasteiger partial charge in [-0.2, -0.15) is 0 Å². The van der Waals surface area contributed by atoms with Gasteiger partial charge in [0.25, 0.3) is 5.56 Å². The number of aromatic nitrogens is 2. The summed E-state index contributed by atoms with van der Waals surface area (Å²) in [5.41, 5.74) is 1.16. The molecule has 0 fully saturated rings. The van der Waals surface area contributed by atoms with Gasteiger partial charge in [0.15, 0.2) is 11.4 Å². The molecular weight excluding hydrogens is 204 g/mol. The van der Waals surface area contributed by atoms with Crippen molar-refractivity contribution in [2.45, 2.75) is 20.8 Å². The number of pyridine rings is 1. The minimum atomic E-state index is -0.0913. The quantitative estimate of drug-likeness (QED) is 0.738. The van der Waals surface area contributed by atoms with Crippen LogP contribution in [0, 0.1) is 6.92 Å². The molecule has 0 aliphatic heterocycles. The zero-order valence-corrected chi connectivity index (χ0v) is 10.0. The summed E-state index contributed by atoms with van der Waals surface area (Å²) in [4.78, 5) is 15.8. The summed E-state index contributed by atoms with van der Waals surface area (Å²) >= 11 is 0. The van der Waals surface area contributed by atoms with E-state index >= 15 is 0 Å². The van der Waals surface area contributed by atoms with Gasteiger partial charge in [-0.05, 0) is 19.1 Å². The van der Waals surface area contributed by atoms with E-state index < -0.39 is 0 Å². The average Bonchev–Trinajstić information content (AvgIpc) is 2.31. The van der Waals surface area contributed by atoms with Gasteiger partial charge in [0.05, 0.1) is 7.11 Å². The highest BCUT2D eigenvalue weighted by Gasteiger charge is 2.03. The molecule has 0 aromatic carbocycles. The maximum Gasteiger partial charge on any atom is 0.258 e. The van der Waals surface area contributed by atoms with E-state index in [1.807, 2.05) is 13.8 Å². The molecule has 0 aliphatic rings. The number of hydrogen-bond acceptors (Lipinski definition) is 3. The third kappa shape index (κ3) is 2.21. The van der Waals surface area contributed by atoms with Crippen molar-refractivity contribution in [1.29, 1.82) is 0 Å². The van der Waals surface area contributed by atoms with Crippen LogP contribution in [0.15, 0.2) is 29.2 Å². The predicted octanol–water partition coefficient (Wildman–Crippen LogP) is 2.04. The molecule has 86 valence electrons. The van der Waals surface area contributed by atoms with E-state index in [0.29, 0.717) is 17.1 Å². The lowest BCUT2D eigenvalue weighted by Gasteiger charge is -2.05. The Morgan fingerprint density at radius 1 is 1.38 bits per heavy atom. The van der Waals surface area contributed by atoms with Crippen LogP contribution in [0.5, 0.6) is 5.75 Å². The Hall–Kier alpha value is -1.84. The van der Waals surface area contributed by atoms with Crippen molar-refractivity contribution >= 4 is 5.65 Å². The van der Waals surface area contributed by atoms with Crippen molar-refractivity contribution in [3.05, 3.63) is 40.4 Å². The molecule has 0 N–H and O–H groups in total. The number of ether oxygens (including phenoxy) is 1. The van der Waals surface area contributed by atoms with Crippen LogP contribution in [0.1, 0.15) is 19.5 Å². The summed E-state index contributed by atoms with van der Waals surface area (Å²) in [6, 6.07) is 5.03. The van der Waals surface area contributed by atoms with Gasteiger partial charge in [-0.15, -0.1) is 0 Å². The molecule has 0 spiro atoms. The second-order valence-corrected chi connectivity index (χ2v) is 3.01. The minimum Gasteiger partial charge on any atom is -0.493 e. The SMILES string of the molecule is CC.COc1cccn2c(=O)cc(C)nc12. The lowest BCUT2D eigenvalue weighted by Crippen LogP contribution is -2.14. The fourth-order valence-electron chi connectivity index (χ4n) is 1.37. The van der Waals surface area contributed by atoms with Crippen molar-refractivity contribution in [3.63, 3.8) is 0 Å². The topological polar surface area (TPSA) is 43.6 Å². The Balaban J connectivity index is 0.000000606. The highest BCUT2D eigenvalue weighted by atomic mass is 16.5. The van der Waals surface area contributed by atoms with E-state index in [-0.39, 0.29) is 5.56 Å². The van der Waals surface area contributed by atoms with Crippen molar-refractivity contribution in [1.82, 2.24) is 9.38 Å². The van der Waals surface area contributed by atoms with Gasteiger partial charge >= 0.3 is 0 Å². The number of rotatable bonds is 1. The molecule has 0 aliphatic carbocycles. The van der Waals surface area contributed by atoms with Crippen LogP contribution in [0.3, 0.4) is 0 Å². The smallest absolute Gasteiger partial charge is 0.258 e.